The van der Waals surface area contributed by atoms with Gasteiger partial charge >= 0.3 is 0 Å². The molecule has 6 nitrogen and oxygen atoms in total. The van der Waals surface area contributed by atoms with Crippen LogP contribution in [0.5, 0.6) is 5.75 Å². The van der Waals surface area contributed by atoms with Crippen LogP contribution in [0.1, 0.15) is 28.8 Å². The van der Waals surface area contributed by atoms with Crippen molar-refractivity contribution >= 4 is 5.91 Å². The average Bonchev–Trinajstić information content (AvgIpc) is 3.20. The van der Waals surface area contributed by atoms with Crippen molar-refractivity contribution in [3.63, 3.8) is 0 Å². The Kier molecular flexibility index (Phi) is 6.57. The molecule has 1 aromatic carbocycles. The van der Waals surface area contributed by atoms with Gasteiger partial charge in [-0.3, -0.25) is 9.78 Å². The molecule has 3 rings (SSSR count). The van der Waals surface area contributed by atoms with Gasteiger partial charge in [0.15, 0.2) is 0 Å². The number of rotatable bonds is 8. The van der Waals surface area contributed by atoms with E-state index in [9.17, 15) is 9.90 Å². The Morgan fingerprint density at radius 1 is 1.31 bits per heavy atom. The number of benzene rings is 1. The summed E-state index contributed by atoms with van der Waals surface area (Å²) in [5.41, 5.74) is 1.40. The molecule has 1 atom stereocenters. The lowest BCUT2D eigenvalue weighted by Crippen LogP contribution is -2.33. The highest BCUT2D eigenvalue weighted by Gasteiger charge is 2.21. The van der Waals surface area contributed by atoms with E-state index in [1.807, 2.05) is 24.3 Å². The lowest BCUT2D eigenvalue weighted by atomic mass is 10.1. The van der Waals surface area contributed by atoms with E-state index >= 15 is 0 Å². The number of para-hydroxylation sites is 1. The zero-order valence-electron chi connectivity index (χ0n) is 14.7. The highest BCUT2D eigenvalue weighted by atomic mass is 16.5. The van der Waals surface area contributed by atoms with Gasteiger partial charge < -0.3 is 19.5 Å². The number of pyridine rings is 1. The van der Waals surface area contributed by atoms with Crippen LogP contribution in [0.3, 0.4) is 0 Å². The van der Waals surface area contributed by atoms with E-state index in [0.29, 0.717) is 24.5 Å². The predicted octanol–water partition coefficient (Wildman–Crippen LogP) is 2.27. The molecule has 2 aromatic rings. The number of ether oxygens (including phenoxy) is 2. The number of nitrogens with zero attached hydrogens (tertiary/aromatic N) is 2. The first-order chi connectivity index (χ1) is 12.8. The standard InChI is InChI=1S/C20H24N2O4/c23-11-10-22(14-16-5-3-9-21-13-16)20(24)18-7-1-2-8-19(18)26-15-17-6-4-12-25-17/h1-3,5,7-9,13,17,23H,4,6,10-12,14-15H2. The molecule has 2 heterocycles. The molecule has 1 aliphatic heterocycles. The van der Waals surface area contributed by atoms with Crippen molar-refractivity contribution in [1.82, 2.24) is 9.88 Å². The van der Waals surface area contributed by atoms with Crippen LogP contribution in [0.2, 0.25) is 0 Å². The topological polar surface area (TPSA) is 71.9 Å². The molecule has 6 heteroatoms. The minimum Gasteiger partial charge on any atom is -0.490 e. The number of carbonyl (C=O) groups is 1. The molecule has 1 aromatic heterocycles. The Balaban J connectivity index is 1.73. The summed E-state index contributed by atoms with van der Waals surface area (Å²) in [5, 5.41) is 9.37. The number of hydrogen-bond donors (Lipinski definition) is 1. The fraction of sp³-hybridized carbons (Fsp3) is 0.400. The van der Waals surface area contributed by atoms with Crippen molar-refractivity contribution in [3.05, 3.63) is 59.9 Å². The smallest absolute Gasteiger partial charge is 0.257 e. The molecule has 1 amide bonds. The van der Waals surface area contributed by atoms with Gasteiger partial charge in [-0.1, -0.05) is 18.2 Å². The van der Waals surface area contributed by atoms with E-state index in [2.05, 4.69) is 4.98 Å². The molecular weight excluding hydrogens is 332 g/mol. The fourth-order valence-corrected chi connectivity index (χ4v) is 2.98. The van der Waals surface area contributed by atoms with Crippen molar-refractivity contribution in [2.24, 2.45) is 0 Å². The van der Waals surface area contributed by atoms with Crippen LogP contribution in [0, 0.1) is 0 Å². The number of carbonyl (C=O) groups excluding carboxylic acids is 1. The first-order valence-corrected chi connectivity index (χ1v) is 8.90. The van der Waals surface area contributed by atoms with Crippen molar-refractivity contribution in [3.8, 4) is 5.75 Å². The molecular formula is C20H24N2O4. The van der Waals surface area contributed by atoms with Crippen LogP contribution in [-0.2, 0) is 11.3 Å². The van der Waals surface area contributed by atoms with E-state index in [-0.39, 0.29) is 25.2 Å². The van der Waals surface area contributed by atoms with E-state index < -0.39 is 0 Å². The summed E-state index contributed by atoms with van der Waals surface area (Å²) < 4.78 is 11.5. The molecule has 0 bridgehead atoms. The average molecular weight is 356 g/mol. The Morgan fingerprint density at radius 2 is 2.19 bits per heavy atom. The van der Waals surface area contributed by atoms with E-state index in [0.717, 1.165) is 25.0 Å². The molecule has 1 fully saturated rings. The van der Waals surface area contributed by atoms with Gasteiger partial charge in [0.25, 0.3) is 5.91 Å². The van der Waals surface area contributed by atoms with Gasteiger partial charge in [-0.2, -0.15) is 0 Å². The maximum absolute atomic E-state index is 13.0. The molecule has 26 heavy (non-hydrogen) atoms. The quantitative estimate of drug-likeness (QED) is 0.786. The predicted molar refractivity (Wildman–Crippen MR) is 97.0 cm³/mol. The minimum atomic E-state index is -0.175. The van der Waals surface area contributed by atoms with Gasteiger partial charge in [-0.05, 0) is 36.6 Å². The summed E-state index contributed by atoms with van der Waals surface area (Å²) in [4.78, 5) is 18.7. The van der Waals surface area contributed by atoms with Crippen LogP contribution < -0.4 is 4.74 Å². The summed E-state index contributed by atoms with van der Waals surface area (Å²) in [6.07, 6.45) is 5.52. The summed E-state index contributed by atoms with van der Waals surface area (Å²) in [6.45, 7) is 1.73. The molecule has 1 unspecified atom stereocenters. The SMILES string of the molecule is O=C(c1ccccc1OCC1CCCO1)N(CCO)Cc1cccnc1. The van der Waals surface area contributed by atoms with Crippen molar-refractivity contribution in [2.75, 3.05) is 26.4 Å². The second-order valence-electron chi connectivity index (χ2n) is 6.25. The molecule has 138 valence electrons. The normalized spacial score (nSPS) is 16.4. The van der Waals surface area contributed by atoms with Gasteiger partial charge in [0, 0.05) is 32.1 Å². The third-order valence-electron chi connectivity index (χ3n) is 4.32. The number of aromatic nitrogens is 1. The van der Waals surface area contributed by atoms with Crippen LogP contribution >= 0.6 is 0 Å². The van der Waals surface area contributed by atoms with E-state index in [1.165, 1.54) is 0 Å². The molecule has 0 saturated carbocycles. The van der Waals surface area contributed by atoms with E-state index in [4.69, 9.17) is 9.47 Å². The second kappa shape index (κ2) is 9.31. The van der Waals surface area contributed by atoms with Gasteiger partial charge in [0.05, 0.1) is 18.3 Å². The van der Waals surface area contributed by atoms with Crippen LogP contribution in [0.15, 0.2) is 48.8 Å². The lowest BCUT2D eigenvalue weighted by molar-refractivity contribution is 0.0636. The highest BCUT2D eigenvalue weighted by molar-refractivity contribution is 5.96. The summed E-state index contributed by atoms with van der Waals surface area (Å²) >= 11 is 0. The lowest BCUT2D eigenvalue weighted by Gasteiger charge is -2.23. The number of aliphatic hydroxyl groups excluding tert-OH is 1. The highest BCUT2D eigenvalue weighted by Crippen LogP contribution is 2.22. The Hall–Kier alpha value is -2.44. The van der Waals surface area contributed by atoms with Crippen molar-refractivity contribution < 1.29 is 19.4 Å². The first kappa shape index (κ1) is 18.4. The summed E-state index contributed by atoms with van der Waals surface area (Å²) in [7, 11) is 0. The maximum Gasteiger partial charge on any atom is 0.257 e. The molecule has 0 radical (unpaired) electrons. The molecule has 0 spiro atoms. The summed E-state index contributed by atoms with van der Waals surface area (Å²) in [5.74, 6) is 0.368. The van der Waals surface area contributed by atoms with Crippen molar-refractivity contribution in [2.45, 2.75) is 25.5 Å². The molecule has 1 aliphatic rings. The Labute approximate surface area is 153 Å². The maximum atomic E-state index is 13.0. The van der Waals surface area contributed by atoms with Crippen LogP contribution in [-0.4, -0.2) is 53.4 Å². The van der Waals surface area contributed by atoms with Crippen LogP contribution in [0.4, 0.5) is 0 Å². The Morgan fingerprint density at radius 3 is 2.92 bits per heavy atom. The fourth-order valence-electron chi connectivity index (χ4n) is 2.98. The number of aliphatic hydroxyl groups is 1. The second-order valence-corrected chi connectivity index (χ2v) is 6.25. The minimum absolute atomic E-state index is 0.0853. The van der Waals surface area contributed by atoms with Crippen molar-refractivity contribution in [1.29, 1.82) is 0 Å². The molecule has 1 N–H and O–H groups in total. The van der Waals surface area contributed by atoms with Gasteiger partial charge in [0.1, 0.15) is 12.4 Å². The largest absolute Gasteiger partial charge is 0.490 e. The third-order valence-corrected chi connectivity index (χ3v) is 4.32. The van der Waals surface area contributed by atoms with Gasteiger partial charge in [0.2, 0.25) is 0 Å². The molecule has 1 saturated heterocycles. The monoisotopic (exact) mass is 356 g/mol. The summed E-state index contributed by atoms with van der Waals surface area (Å²) in [6, 6.07) is 10.9. The van der Waals surface area contributed by atoms with E-state index in [1.54, 1.807) is 29.4 Å². The van der Waals surface area contributed by atoms with Crippen LogP contribution in [0.25, 0.3) is 0 Å². The Bertz CT molecular complexity index is 702. The number of amides is 1. The number of hydrogen-bond acceptors (Lipinski definition) is 5. The first-order valence-electron chi connectivity index (χ1n) is 8.90. The zero-order valence-corrected chi connectivity index (χ0v) is 14.7. The van der Waals surface area contributed by atoms with Gasteiger partial charge in [-0.15, -0.1) is 0 Å². The van der Waals surface area contributed by atoms with Gasteiger partial charge in [-0.25, -0.2) is 0 Å². The molecule has 0 aliphatic carbocycles. The third kappa shape index (κ3) is 4.80. The zero-order chi connectivity index (χ0) is 18.2.